The van der Waals surface area contributed by atoms with E-state index in [1.54, 1.807) is 24.5 Å². The van der Waals surface area contributed by atoms with Gasteiger partial charge in [-0.15, -0.1) is 0 Å². The van der Waals surface area contributed by atoms with Crippen LogP contribution in [0.15, 0.2) is 53.6 Å². The maximum Gasteiger partial charge on any atom is 0.253 e. The van der Waals surface area contributed by atoms with Crippen LogP contribution in [0.1, 0.15) is 32.4 Å². The minimum atomic E-state index is -0.298. The van der Waals surface area contributed by atoms with Gasteiger partial charge >= 0.3 is 0 Å². The van der Waals surface area contributed by atoms with Crippen LogP contribution in [0.3, 0.4) is 0 Å². The van der Waals surface area contributed by atoms with Crippen molar-refractivity contribution in [1.82, 2.24) is 24.7 Å². The van der Waals surface area contributed by atoms with E-state index >= 15 is 0 Å². The second kappa shape index (κ2) is 8.28. The fourth-order valence-corrected chi connectivity index (χ4v) is 3.58. The monoisotopic (exact) mass is 422 g/mol. The number of benzene rings is 1. The van der Waals surface area contributed by atoms with Crippen molar-refractivity contribution in [3.05, 3.63) is 69.7 Å². The third kappa shape index (κ3) is 4.21. The van der Waals surface area contributed by atoms with Crippen LogP contribution in [-0.4, -0.2) is 24.7 Å². The summed E-state index contributed by atoms with van der Waals surface area (Å²) in [4.78, 5) is 24.4. The molecule has 8 heteroatoms. The standard InChI is InChI=1S/C22H23ClN6O/c1-13(2)12-29-20(7-9-25-29)19-6-8-24-22(28-19)26-14(3)17-11-15-10-16(23)4-5-18(15)27-21(17)30/h4-11,13-14H,12H2,1-3H3,(H,27,30)(H,24,26,28). The highest BCUT2D eigenvalue weighted by Crippen LogP contribution is 2.22. The molecule has 0 fully saturated rings. The summed E-state index contributed by atoms with van der Waals surface area (Å²) < 4.78 is 1.94. The van der Waals surface area contributed by atoms with E-state index < -0.39 is 0 Å². The molecule has 30 heavy (non-hydrogen) atoms. The normalized spacial score (nSPS) is 12.4. The molecular formula is C22H23ClN6O. The van der Waals surface area contributed by atoms with Gasteiger partial charge in [0.25, 0.3) is 5.56 Å². The van der Waals surface area contributed by atoms with E-state index in [4.69, 9.17) is 11.6 Å². The van der Waals surface area contributed by atoms with Crippen LogP contribution < -0.4 is 10.9 Å². The van der Waals surface area contributed by atoms with E-state index in [9.17, 15) is 4.79 Å². The van der Waals surface area contributed by atoms with E-state index in [2.05, 4.69) is 39.2 Å². The van der Waals surface area contributed by atoms with Gasteiger partial charge in [-0.25, -0.2) is 9.97 Å². The second-order valence-electron chi connectivity index (χ2n) is 7.71. The summed E-state index contributed by atoms with van der Waals surface area (Å²) in [5, 5.41) is 9.13. The molecule has 0 saturated carbocycles. The van der Waals surface area contributed by atoms with Gasteiger partial charge in [0.1, 0.15) is 0 Å². The molecule has 1 unspecified atom stereocenters. The van der Waals surface area contributed by atoms with Gasteiger partial charge in [-0.3, -0.25) is 9.48 Å². The van der Waals surface area contributed by atoms with Crippen molar-refractivity contribution in [2.45, 2.75) is 33.4 Å². The summed E-state index contributed by atoms with van der Waals surface area (Å²) >= 11 is 6.10. The highest BCUT2D eigenvalue weighted by Gasteiger charge is 2.14. The fourth-order valence-electron chi connectivity index (χ4n) is 3.40. The molecule has 0 saturated heterocycles. The minimum absolute atomic E-state index is 0.156. The predicted molar refractivity (Wildman–Crippen MR) is 120 cm³/mol. The number of hydrogen-bond donors (Lipinski definition) is 2. The van der Waals surface area contributed by atoms with Crippen LogP contribution in [-0.2, 0) is 6.54 Å². The van der Waals surface area contributed by atoms with Crippen molar-refractivity contribution in [2.75, 3.05) is 5.32 Å². The molecule has 3 heterocycles. The Morgan fingerprint density at radius 2 is 1.97 bits per heavy atom. The molecule has 1 aromatic carbocycles. The van der Waals surface area contributed by atoms with Gasteiger partial charge in [-0.05, 0) is 49.2 Å². The number of aromatic amines is 1. The Morgan fingerprint density at radius 3 is 2.77 bits per heavy atom. The number of aromatic nitrogens is 5. The number of nitrogens with zero attached hydrogens (tertiary/aromatic N) is 4. The average Bonchev–Trinajstić information content (AvgIpc) is 3.15. The van der Waals surface area contributed by atoms with Gasteiger partial charge in [-0.1, -0.05) is 25.4 Å². The lowest BCUT2D eigenvalue weighted by atomic mass is 10.1. The lowest BCUT2D eigenvalue weighted by molar-refractivity contribution is 0.487. The molecule has 0 amide bonds. The highest BCUT2D eigenvalue weighted by atomic mass is 35.5. The molecule has 0 aliphatic carbocycles. The van der Waals surface area contributed by atoms with Crippen molar-refractivity contribution in [3.63, 3.8) is 0 Å². The Labute approximate surface area is 179 Å². The lowest BCUT2D eigenvalue weighted by Crippen LogP contribution is -2.20. The Hall–Kier alpha value is -3.19. The third-order valence-electron chi connectivity index (χ3n) is 4.82. The van der Waals surface area contributed by atoms with Gasteiger partial charge in [0.15, 0.2) is 0 Å². The summed E-state index contributed by atoms with van der Waals surface area (Å²) in [5.41, 5.74) is 2.88. The summed E-state index contributed by atoms with van der Waals surface area (Å²) in [6.07, 6.45) is 3.48. The zero-order chi connectivity index (χ0) is 21.3. The van der Waals surface area contributed by atoms with Gasteiger partial charge in [0.05, 0.1) is 17.4 Å². The summed E-state index contributed by atoms with van der Waals surface area (Å²) in [6, 6.07) is 10.7. The topological polar surface area (TPSA) is 88.5 Å². The molecule has 1 atom stereocenters. The van der Waals surface area contributed by atoms with E-state index in [0.717, 1.165) is 28.8 Å². The van der Waals surface area contributed by atoms with Crippen molar-refractivity contribution >= 4 is 28.5 Å². The van der Waals surface area contributed by atoms with Crippen LogP contribution in [0.5, 0.6) is 0 Å². The third-order valence-corrected chi connectivity index (χ3v) is 5.05. The van der Waals surface area contributed by atoms with E-state index in [-0.39, 0.29) is 11.6 Å². The van der Waals surface area contributed by atoms with E-state index in [0.29, 0.717) is 22.5 Å². The zero-order valence-corrected chi connectivity index (χ0v) is 17.8. The second-order valence-corrected chi connectivity index (χ2v) is 8.15. The lowest BCUT2D eigenvalue weighted by Gasteiger charge is -2.15. The molecule has 0 aliphatic rings. The molecule has 2 N–H and O–H groups in total. The Morgan fingerprint density at radius 1 is 1.13 bits per heavy atom. The van der Waals surface area contributed by atoms with Crippen LogP contribution in [0.25, 0.3) is 22.3 Å². The number of pyridine rings is 1. The van der Waals surface area contributed by atoms with Crippen molar-refractivity contribution < 1.29 is 0 Å². The quantitative estimate of drug-likeness (QED) is 0.471. The number of fused-ring (bicyclic) bond motifs is 1. The van der Waals surface area contributed by atoms with Crippen molar-refractivity contribution in [1.29, 1.82) is 0 Å². The van der Waals surface area contributed by atoms with Gasteiger partial charge in [-0.2, -0.15) is 5.10 Å². The smallest absolute Gasteiger partial charge is 0.253 e. The van der Waals surface area contributed by atoms with Gasteiger partial charge < -0.3 is 10.3 Å². The Kier molecular flexibility index (Phi) is 5.55. The first kappa shape index (κ1) is 20.1. The van der Waals surface area contributed by atoms with Crippen LogP contribution in [0, 0.1) is 5.92 Å². The molecule has 4 rings (SSSR count). The molecule has 0 spiro atoms. The summed E-state index contributed by atoms with van der Waals surface area (Å²) in [6.45, 7) is 7.00. The molecule has 7 nitrogen and oxygen atoms in total. The highest BCUT2D eigenvalue weighted by molar-refractivity contribution is 6.31. The number of H-pyrrole nitrogens is 1. The van der Waals surface area contributed by atoms with E-state index in [1.165, 1.54) is 0 Å². The first-order valence-electron chi connectivity index (χ1n) is 9.85. The molecule has 0 bridgehead atoms. The van der Waals surface area contributed by atoms with Crippen molar-refractivity contribution in [3.8, 4) is 11.4 Å². The van der Waals surface area contributed by atoms with Crippen LogP contribution in [0.4, 0.5) is 5.95 Å². The number of nitrogens with one attached hydrogen (secondary N) is 2. The maximum absolute atomic E-state index is 12.6. The molecular weight excluding hydrogens is 400 g/mol. The first-order valence-corrected chi connectivity index (χ1v) is 10.2. The first-order chi connectivity index (χ1) is 14.4. The zero-order valence-electron chi connectivity index (χ0n) is 17.1. The van der Waals surface area contributed by atoms with E-state index in [1.807, 2.05) is 35.9 Å². The molecule has 0 radical (unpaired) electrons. The van der Waals surface area contributed by atoms with Crippen molar-refractivity contribution in [2.24, 2.45) is 5.92 Å². The Balaban J connectivity index is 1.62. The van der Waals surface area contributed by atoms with Crippen LogP contribution >= 0.6 is 11.6 Å². The summed E-state index contributed by atoms with van der Waals surface area (Å²) in [5.74, 6) is 0.916. The molecule has 154 valence electrons. The maximum atomic E-state index is 12.6. The number of rotatable bonds is 6. The summed E-state index contributed by atoms with van der Waals surface area (Å²) in [7, 11) is 0. The fraction of sp³-hybridized carbons (Fsp3) is 0.273. The SMILES string of the molecule is CC(C)Cn1nccc1-c1ccnc(NC(C)c2cc3cc(Cl)ccc3[nH]c2=O)n1. The van der Waals surface area contributed by atoms with Gasteiger partial charge in [0.2, 0.25) is 5.95 Å². The average molecular weight is 423 g/mol. The van der Waals surface area contributed by atoms with Gasteiger partial charge in [0, 0.05) is 40.4 Å². The molecule has 3 aromatic heterocycles. The number of halogens is 1. The molecule has 4 aromatic rings. The predicted octanol–water partition coefficient (Wildman–Crippen LogP) is 4.66. The largest absolute Gasteiger partial charge is 0.347 e. The van der Waals surface area contributed by atoms with Crippen LogP contribution in [0.2, 0.25) is 5.02 Å². The Bertz CT molecular complexity index is 1250. The molecule has 0 aliphatic heterocycles. The number of hydrogen-bond acceptors (Lipinski definition) is 5. The minimum Gasteiger partial charge on any atom is -0.347 e. The number of anilines is 1.